The van der Waals surface area contributed by atoms with Gasteiger partial charge < -0.3 is 4.90 Å². The molecule has 6 heteroatoms. The lowest BCUT2D eigenvalue weighted by Crippen LogP contribution is -2.37. The normalized spacial score (nSPS) is 15.6. The summed E-state index contributed by atoms with van der Waals surface area (Å²) in [6, 6.07) is 11.8. The molecular formula is C21H26N2O3S. The molecule has 0 unspecified atom stereocenters. The summed E-state index contributed by atoms with van der Waals surface area (Å²) in [5, 5.41) is 0. The van der Waals surface area contributed by atoms with Crippen molar-refractivity contribution in [1.82, 2.24) is 4.90 Å². The van der Waals surface area contributed by atoms with Crippen LogP contribution in [0, 0.1) is 19.8 Å². The molecule has 3 rings (SSSR count). The Kier molecular flexibility index (Phi) is 5.56. The van der Waals surface area contributed by atoms with Gasteiger partial charge in [0.25, 0.3) is 15.9 Å². The van der Waals surface area contributed by atoms with Crippen LogP contribution in [-0.2, 0) is 10.0 Å². The average molecular weight is 387 g/mol. The molecule has 0 saturated carbocycles. The highest BCUT2D eigenvalue weighted by atomic mass is 32.2. The van der Waals surface area contributed by atoms with Crippen molar-refractivity contribution in [2.45, 2.75) is 38.5 Å². The highest BCUT2D eigenvalue weighted by molar-refractivity contribution is 7.92. The van der Waals surface area contributed by atoms with Crippen molar-refractivity contribution in [2.24, 2.45) is 5.92 Å². The molecule has 5 nitrogen and oxygen atoms in total. The smallest absolute Gasteiger partial charge is 0.261 e. The van der Waals surface area contributed by atoms with Gasteiger partial charge in [-0.3, -0.25) is 9.52 Å². The second-order valence-corrected chi connectivity index (χ2v) is 9.11. The minimum absolute atomic E-state index is 0.0120. The fourth-order valence-electron chi connectivity index (χ4n) is 3.23. The largest absolute Gasteiger partial charge is 0.339 e. The number of benzene rings is 2. The summed E-state index contributed by atoms with van der Waals surface area (Å²) in [6.45, 7) is 7.48. The van der Waals surface area contributed by atoms with Gasteiger partial charge in [0.05, 0.1) is 10.6 Å². The Balaban J connectivity index is 1.76. The van der Waals surface area contributed by atoms with Crippen LogP contribution in [0.3, 0.4) is 0 Å². The Labute approximate surface area is 161 Å². The first-order chi connectivity index (χ1) is 12.8. The number of hydrogen-bond acceptors (Lipinski definition) is 3. The number of hydrogen-bond donors (Lipinski definition) is 1. The molecule has 1 fully saturated rings. The molecule has 1 heterocycles. The highest BCUT2D eigenvalue weighted by Crippen LogP contribution is 2.23. The lowest BCUT2D eigenvalue weighted by molar-refractivity contribution is 0.0697. The number of nitrogens with one attached hydrogen (secondary N) is 1. The van der Waals surface area contributed by atoms with E-state index in [1.807, 2.05) is 18.7 Å². The van der Waals surface area contributed by atoms with Crippen molar-refractivity contribution in [3.63, 3.8) is 0 Å². The SMILES string of the molecule is Cc1ccc(S(=O)(=O)Nc2ccc(C(=O)N3CCC(C)CC3)cc2C)cc1. The maximum Gasteiger partial charge on any atom is 0.261 e. The minimum Gasteiger partial charge on any atom is -0.339 e. The van der Waals surface area contributed by atoms with Gasteiger partial charge in [0.2, 0.25) is 0 Å². The van der Waals surface area contributed by atoms with E-state index in [4.69, 9.17) is 0 Å². The summed E-state index contributed by atoms with van der Waals surface area (Å²) >= 11 is 0. The van der Waals surface area contributed by atoms with Crippen molar-refractivity contribution < 1.29 is 13.2 Å². The maximum atomic E-state index is 12.7. The van der Waals surface area contributed by atoms with Gasteiger partial charge in [-0.15, -0.1) is 0 Å². The van der Waals surface area contributed by atoms with Gasteiger partial charge in [-0.25, -0.2) is 8.42 Å². The number of rotatable bonds is 4. The molecule has 2 aromatic carbocycles. The lowest BCUT2D eigenvalue weighted by atomic mass is 9.98. The molecule has 27 heavy (non-hydrogen) atoms. The van der Waals surface area contributed by atoms with Crippen molar-refractivity contribution in [3.8, 4) is 0 Å². The first-order valence-corrected chi connectivity index (χ1v) is 10.7. The number of amides is 1. The van der Waals surface area contributed by atoms with E-state index in [2.05, 4.69) is 11.6 Å². The monoisotopic (exact) mass is 386 g/mol. The van der Waals surface area contributed by atoms with Gasteiger partial charge in [-0.2, -0.15) is 0 Å². The zero-order chi connectivity index (χ0) is 19.6. The summed E-state index contributed by atoms with van der Waals surface area (Å²) in [5.41, 5.74) is 2.81. The summed E-state index contributed by atoms with van der Waals surface area (Å²) in [7, 11) is -3.66. The molecule has 1 N–H and O–H groups in total. The number of nitrogens with zero attached hydrogens (tertiary/aromatic N) is 1. The quantitative estimate of drug-likeness (QED) is 0.864. The Hall–Kier alpha value is -2.34. The van der Waals surface area contributed by atoms with Crippen LogP contribution in [0.2, 0.25) is 0 Å². The summed E-state index contributed by atoms with van der Waals surface area (Å²) in [5.74, 6) is 0.673. The van der Waals surface area contributed by atoms with Crippen LogP contribution in [0.15, 0.2) is 47.4 Å². The van der Waals surface area contributed by atoms with Crippen molar-refractivity contribution in [2.75, 3.05) is 17.8 Å². The number of piperidine rings is 1. The first-order valence-electron chi connectivity index (χ1n) is 9.26. The maximum absolute atomic E-state index is 12.7. The predicted molar refractivity (Wildman–Crippen MR) is 107 cm³/mol. The number of likely N-dealkylation sites (tertiary alicyclic amines) is 1. The minimum atomic E-state index is -3.66. The van der Waals surface area contributed by atoms with Crippen LogP contribution >= 0.6 is 0 Å². The van der Waals surface area contributed by atoms with E-state index in [0.717, 1.165) is 37.1 Å². The molecule has 1 amide bonds. The van der Waals surface area contributed by atoms with Crippen LogP contribution in [0.5, 0.6) is 0 Å². The van der Waals surface area contributed by atoms with Crippen LogP contribution in [0.1, 0.15) is 41.3 Å². The molecule has 0 aliphatic carbocycles. The summed E-state index contributed by atoms with van der Waals surface area (Å²) in [6.07, 6.45) is 2.05. The van der Waals surface area contributed by atoms with E-state index in [9.17, 15) is 13.2 Å². The summed E-state index contributed by atoms with van der Waals surface area (Å²) in [4.78, 5) is 14.8. The standard InChI is InChI=1S/C21H26N2O3S/c1-15-4-7-19(8-5-15)27(25,26)22-20-9-6-18(14-17(20)3)21(24)23-12-10-16(2)11-13-23/h4-9,14,16,22H,10-13H2,1-3H3. The molecule has 0 aromatic heterocycles. The van der Waals surface area contributed by atoms with Crippen LogP contribution in [0.25, 0.3) is 0 Å². The molecule has 0 spiro atoms. The Morgan fingerprint density at radius 2 is 1.67 bits per heavy atom. The number of aryl methyl sites for hydroxylation is 2. The third kappa shape index (κ3) is 4.50. The van der Waals surface area contributed by atoms with Gasteiger partial charge in [-0.05, 0) is 68.5 Å². The van der Waals surface area contributed by atoms with E-state index in [1.54, 1.807) is 42.5 Å². The van der Waals surface area contributed by atoms with Crippen LogP contribution < -0.4 is 4.72 Å². The number of carbonyl (C=O) groups is 1. The van der Waals surface area contributed by atoms with E-state index in [0.29, 0.717) is 17.2 Å². The molecule has 1 aliphatic heterocycles. The lowest BCUT2D eigenvalue weighted by Gasteiger charge is -2.30. The third-order valence-electron chi connectivity index (χ3n) is 5.12. The second kappa shape index (κ2) is 7.72. The van der Waals surface area contributed by atoms with Gasteiger partial charge in [0.15, 0.2) is 0 Å². The van der Waals surface area contributed by atoms with Crippen molar-refractivity contribution >= 4 is 21.6 Å². The van der Waals surface area contributed by atoms with Crippen molar-refractivity contribution in [3.05, 3.63) is 59.2 Å². The molecule has 0 radical (unpaired) electrons. The Bertz CT molecular complexity index is 928. The van der Waals surface area contributed by atoms with E-state index >= 15 is 0 Å². The molecule has 0 atom stereocenters. The van der Waals surface area contributed by atoms with E-state index < -0.39 is 10.0 Å². The zero-order valence-electron chi connectivity index (χ0n) is 16.0. The van der Waals surface area contributed by atoms with Crippen LogP contribution in [0.4, 0.5) is 5.69 Å². The molecule has 0 bridgehead atoms. The number of anilines is 1. The van der Waals surface area contributed by atoms with Gasteiger partial charge >= 0.3 is 0 Å². The number of carbonyl (C=O) groups excluding carboxylic acids is 1. The number of sulfonamides is 1. The van der Waals surface area contributed by atoms with Crippen LogP contribution in [-0.4, -0.2) is 32.3 Å². The molecular weight excluding hydrogens is 360 g/mol. The fourth-order valence-corrected chi connectivity index (χ4v) is 4.36. The van der Waals surface area contributed by atoms with Gasteiger partial charge in [-0.1, -0.05) is 24.6 Å². The molecule has 144 valence electrons. The Morgan fingerprint density at radius 3 is 2.26 bits per heavy atom. The summed E-state index contributed by atoms with van der Waals surface area (Å²) < 4.78 is 27.8. The third-order valence-corrected chi connectivity index (χ3v) is 6.50. The fraction of sp³-hybridized carbons (Fsp3) is 0.381. The van der Waals surface area contributed by atoms with Gasteiger partial charge in [0, 0.05) is 18.7 Å². The topological polar surface area (TPSA) is 66.5 Å². The molecule has 1 aliphatic rings. The Morgan fingerprint density at radius 1 is 1.04 bits per heavy atom. The highest BCUT2D eigenvalue weighted by Gasteiger charge is 2.22. The van der Waals surface area contributed by atoms with Gasteiger partial charge in [0.1, 0.15) is 0 Å². The van der Waals surface area contributed by atoms with Crippen molar-refractivity contribution in [1.29, 1.82) is 0 Å². The van der Waals surface area contributed by atoms with E-state index in [-0.39, 0.29) is 10.8 Å². The zero-order valence-corrected chi connectivity index (χ0v) is 16.8. The second-order valence-electron chi connectivity index (χ2n) is 7.42. The molecule has 1 saturated heterocycles. The molecule has 2 aromatic rings. The predicted octanol–water partition coefficient (Wildman–Crippen LogP) is 3.98. The van der Waals surface area contributed by atoms with E-state index in [1.165, 1.54) is 0 Å². The average Bonchev–Trinajstić information content (AvgIpc) is 2.64. The first kappa shape index (κ1) is 19.4.